The van der Waals surface area contributed by atoms with E-state index in [1.807, 2.05) is 30.3 Å². The number of rotatable bonds is 6. The minimum absolute atomic E-state index is 0.119. The topological polar surface area (TPSA) is 67.9 Å². The molecule has 8 heteroatoms. The normalized spacial score (nSPS) is 24.0. The van der Waals surface area contributed by atoms with E-state index >= 15 is 0 Å². The van der Waals surface area contributed by atoms with Crippen LogP contribution in [0.5, 0.6) is 5.75 Å². The highest BCUT2D eigenvalue weighted by molar-refractivity contribution is 6.42. The molecule has 158 valence electrons. The lowest BCUT2D eigenvalue weighted by molar-refractivity contribution is -0.126. The van der Waals surface area contributed by atoms with Crippen LogP contribution in [0.25, 0.3) is 0 Å². The molecule has 0 aromatic heterocycles. The standard InChI is InChI=1S/C22H22Cl2N2O4/c1-29-20(28)26(15-5-3-2-4-6-15)22-10-9-21(13-22,14-22)25-19(27)12-30-16-7-8-17(23)18(24)11-16/h2-8,11H,9-10,12-14H2,1H3,(H,25,27). The van der Waals surface area contributed by atoms with Gasteiger partial charge in [0.2, 0.25) is 0 Å². The van der Waals surface area contributed by atoms with E-state index in [-0.39, 0.29) is 29.7 Å². The zero-order valence-electron chi connectivity index (χ0n) is 16.5. The monoisotopic (exact) mass is 448 g/mol. The second-order valence-corrected chi connectivity index (χ2v) is 8.73. The molecule has 2 amide bonds. The summed E-state index contributed by atoms with van der Waals surface area (Å²) in [4.78, 5) is 26.8. The number of nitrogens with zero attached hydrogens (tertiary/aromatic N) is 1. The molecule has 2 aromatic carbocycles. The zero-order valence-corrected chi connectivity index (χ0v) is 18.0. The van der Waals surface area contributed by atoms with Crippen molar-refractivity contribution < 1.29 is 19.1 Å². The van der Waals surface area contributed by atoms with Gasteiger partial charge in [-0.3, -0.25) is 9.69 Å². The number of hydrogen-bond donors (Lipinski definition) is 1. The Morgan fingerprint density at radius 2 is 1.80 bits per heavy atom. The van der Waals surface area contributed by atoms with Crippen molar-refractivity contribution in [1.29, 1.82) is 0 Å². The Labute approximate surface area is 185 Å². The Hall–Kier alpha value is -2.44. The van der Waals surface area contributed by atoms with E-state index in [4.69, 9.17) is 32.7 Å². The summed E-state index contributed by atoms with van der Waals surface area (Å²) in [6, 6.07) is 14.4. The maximum absolute atomic E-state index is 12.5. The van der Waals surface area contributed by atoms with Gasteiger partial charge in [-0.2, -0.15) is 0 Å². The fourth-order valence-electron chi connectivity index (χ4n) is 4.74. The van der Waals surface area contributed by atoms with E-state index in [0.717, 1.165) is 18.5 Å². The number of fused-ring (bicyclic) bond motifs is 1. The minimum atomic E-state index is -0.383. The zero-order chi connectivity index (χ0) is 21.4. The highest BCUT2D eigenvalue weighted by Crippen LogP contribution is 2.59. The number of halogens is 2. The molecule has 1 N–H and O–H groups in total. The van der Waals surface area contributed by atoms with Crippen LogP contribution < -0.4 is 15.0 Å². The van der Waals surface area contributed by atoms with Crippen molar-refractivity contribution >= 4 is 40.9 Å². The fourth-order valence-corrected chi connectivity index (χ4v) is 5.03. The quantitative estimate of drug-likeness (QED) is 0.686. The van der Waals surface area contributed by atoms with Crippen molar-refractivity contribution in [2.45, 2.75) is 36.8 Å². The fraction of sp³-hybridized carbons (Fsp3) is 0.364. The number of carbonyl (C=O) groups is 2. The second kappa shape index (κ2) is 8.00. The molecule has 0 atom stereocenters. The lowest BCUT2D eigenvalue weighted by atomic mass is 9.70. The average Bonchev–Trinajstić information content (AvgIpc) is 3.25. The van der Waals surface area contributed by atoms with Gasteiger partial charge in [0, 0.05) is 17.3 Å². The maximum atomic E-state index is 12.5. The number of carbonyl (C=O) groups excluding carboxylic acids is 2. The summed E-state index contributed by atoms with van der Waals surface area (Å²) in [5, 5.41) is 3.90. The third-order valence-electron chi connectivity index (χ3n) is 5.92. The Morgan fingerprint density at radius 3 is 2.47 bits per heavy atom. The summed E-state index contributed by atoms with van der Waals surface area (Å²) in [7, 11) is 1.39. The number of benzene rings is 2. The molecule has 0 heterocycles. The first-order valence-corrected chi connectivity index (χ1v) is 10.4. The largest absolute Gasteiger partial charge is 0.484 e. The van der Waals surface area contributed by atoms with Crippen LogP contribution >= 0.6 is 23.2 Å². The number of methoxy groups -OCH3 is 1. The third kappa shape index (κ3) is 3.82. The summed E-state index contributed by atoms with van der Waals surface area (Å²) >= 11 is 11.9. The summed E-state index contributed by atoms with van der Waals surface area (Å²) in [5.41, 5.74) is 0.139. The summed E-state index contributed by atoms with van der Waals surface area (Å²) in [6.45, 7) is -0.119. The highest BCUT2D eigenvalue weighted by atomic mass is 35.5. The number of anilines is 1. The first kappa shape index (κ1) is 20.8. The van der Waals surface area contributed by atoms with Gasteiger partial charge in [0.1, 0.15) is 5.75 Å². The van der Waals surface area contributed by atoms with Crippen molar-refractivity contribution in [2.24, 2.45) is 0 Å². The molecule has 3 aliphatic rings. The SMILES string of the molecule is COC(=O)N(c1ccccc1)C12CCC(NC(=O)COc3ccc(Cl)c(Cl)c3)(C1)C2. The summed E-state index contributed by atoms with van der Waals surface area (Å²) in [6.07, 6.45) is 2.58. The van der Waals surface area contributed by atoms with Gasteiger partial charge in [-0.25, -0.2) is 4.79 Å². The maximum Gasteiger partial charge on any atom is 0.414 e. The number of hydrogen-bond acceptors (Lipinski definition) is 4. The van der Waals surface area contributed by atoms with E-state index in [2.05, 4.69) is 5.32 Å². The molecule has 0 aliphatic heterocycles. The first-order valence-electron chi connectivity index (χ1n) is 9.69. The van der Waals surface area contributed by atoms with E-state index in [1.54, 1.807) is 23.1 Å². The second-order valence-electron chi connectivity index (χ2n) is 7.91. The lowest BCUT2D eigenvalue weighted by Gasteiger charge is -2.52. The molecular formula is C22H22Cl2N2O4. The van der Waals surface area contributed by atoms with Gasteiger partial charge in [-0.1, -0.05) is 41.4 Å². The van der Waals surface area contributed by atoms with Gasteiger partial charge in [0.05, 0.1) is 22.7 Å². The smallest absolute Gasteiger partial charge is 0.414 e. The van der Waals surface area contributed by atoms with Gasteiger partial charge < -0.3 is 14.8 Å². The first-order chi connectivity index (χ1) is 14.4. The van der Waals surface area contributed by atoms with Gasteiger partial charge >= 0.3 is 6.09 Å². The van der Waals surface area contributed by atoms with E-state index in [9.17, 15) is 9.59 Å². The van der Waals surface area contributed by atoms with Crippen LogP contribution in [0.2, 0.25) is 10.0 Å². The molecule has 0 spiro atoms. The Balaban J connectivity index is 1.39. The molecule has 0 radical (unpaired) electrons. The summed E-state index contributed by atoms with van der Waals surface area (Å²) < 4.78 is 10.6. The van der Waals surface area contributed by atoms with Crippen molar-refractivity contribution in [3.8, 4) is 5.75 Å². The molecule has 3 fully saturated rings. The van der Waals surface area contributed by atoms with Crippen LogP contribution in [-0.2, 0) is 9.53 Å². The molecule has 30 heavy (non-hydrogen) atoms. The van der Waals surface area contributed by atoms with Crippen LogP contribution in [-0.4, -0.2) is 36.8 Å². The minimum Gasteiger partial charge on any atom is -0.484 e. The number of para-hydroxylation sites is 1. The van der Waals surface area contributed by atoms with E-state index in [1.165, 1.54) is 7.11 Å². The van der Waals surface area contributed by atoms with Crippen molar-refractivity contribution in [2.75, 3.05) is 18.6 Å². The van der Waals surface area contributed by atoms with Crippen LogP contribution in [0.1, 0.15) is 25.7 Å². The molecule has 2 aromatic rings. The van der Waals surface area contributed by atoms with Crippen molar-refractivity contribution in [3.05, 3.63) is 58.6 Å². The highest BCUT2D eigenvalue weighted by Gasteiger charge is 2.65. The number of nitrogens with one attached hydrogen (secondary N) is 1. The number of amides is 2. The molecular weight excluding hydrogens is 427 g/mol. The predicted molar refractivity (Wildman–Crippen MR) is 115 cm³/mol. The van der Waals surface area contributed by atoms with Gasteiger partial charge in [-0.15, -0.1) is 0 Å². The molecule has 0 unspecified atom stereocenters. The molecule has 2 bridgehead atoms. The van der Waals surface area contributed by atoms with Gasteiger partial charge in [0.15, 0.2) is 6.61 Å². The van der Waals surface area contributed by atoms with Gasteiger partial charge in [0.25, 0.3) is 5.91 Å². The van der Waals surface area contributed by atoms with Crippen LogP contribution in [0.4, 0.5) is 10.5 Å². The van der Waals surface area contributed by atoms with Crippen LogP contribution in [0.15, 0.2) is 48.5 Å². The van der Waals surface area contributed by atoms with E-state index in [0.29, 0.717) is 28.6 Å². The van der Waals surface area contributed by atoms with Crippen molar-refractivity contribution in [3.63, 3.8) is 0 Å². The molecule has 0 saturated heterocycles. The van der Waals surface area contributed by atoms with E-state index < -0.39 is 0 Å². The van der Waals surface area contributed by atoms with Crippen LogP contribution in [0.3, 0.4) is 0 Å². The van der Waals surface area contributed by atoms with Crippen LogP contribution in [0, 0.1) is 0 Å². The lowest BCUT2D eigenvalue weighted by Crippen LogP contribution is -2.66. The van der Waals surface area contributed by atoms with Crippen molar-refractivity contribution in [1.82, 2.24) is 5.32 Å². The number of ether oxygens (including phenoxy) is 2. The molecule has 5 rings (SSSR count). The van der Waals surface area contributed by atoms with Gasteiger partial charge in [-0.05, 0) is 49.9 Å². The predicted octanol–water partition coefficient (Wildman–Crippen LogP) is 4.83. The molecule has 6 nitrogen and oxygen atoms in total. The molecule has 3 saturated carbocycles. The Kier molecular flexibility index (Phi) is 5.55. The average molecular weight is 449 g/mol. The summed E-state index contributed by atoms with van der Waals surface area (Å²) in [5.74, 6) is 0.272. The molecule has 3 aliphatic carbocycles. The Bertz CT molecular complexity index is 961. The third-order valence-corrected chi connectivity index (χ3v) is 6.65. The Morgan fingerprint density at radius 1 is 1.07 bits per heavy atom.